The minimum absolute atomic E-state index is 0.000463. The van der Waals surface area contributed by atoms with E-state index in [1.165, 1.54) is 12.1 Å². The number of rotatable bonds is 2. The van der Waals surface area contributed by atoms with E-state index in [0.717, 1.165) is 18.2 Å². The summed E-state index contributed by atoms with van der Waals surface area (Å²) in [5.74, 6) is -4.61. The van der Waals surface area contributed by atoms with Crippen LogP contribution in [0.5, 0.6) is 11.5 Å². The van der Waals surface area contributed by atoms with Crippen LogP contribution in [0.4, 0.5) is 13.2 Å². The minimum Gasteiger partial charge on any atom is -0.504 e. The zero-order valence-corrected chi connectivity index (χ0v) is 15.4. The summed E-state index contributed by atoms with van der Waals surface area (Å²) in [5.41, 5.74) is -1.41. The van der Waals surface area contributed by atoms with Crippen LogP contribution in [0.1, 0.15) is 50.7 Å². The van der Waals surface area contributed by atoms with Gasteiger partial charge in [0.05, 0.1) is 0 Å². The Hall–Kier alpha value is -2.83. The lowest BCUT2D eigenvalue weighted by atomic mass is 10.0. The first-order chi connectivity index (χ1) is 12.5. The van der Waals surface area contributed by atoms with Gasteiger partial charge >= 0.3 is 0 Å². The summed E-state index contributed by atoms with van der Waals surface area (Å²) < 4.78 is 38.8. The lowest BCUT2D eigenvalue weighted by Crippen LogP contribution is -2.07. The van der Waals surface area contributed by atoms with E-state index in [1.54, 1.807) is 13.8 Å². The standard InChI is InChI=1S/C10H10F2O2.C10H11FO2/c1-5(2)6-3-4-7(11)9(13)10(14)8(6)12;1-6(2)8-4-3-7(11)5-9(12)10(8)13/h3-5H,1-2H3,(H,13,14);3-6H,1-2H3,(H,12,13). The fourth-order valence-electron chi connectivity index (χ4n) is 2.20. The molecule has 0 aliphatic carbocycles. The maximum absolute atomic E-state index is 13.3. The molecule has 0 aliphatic heterocycles. The van der Waals surface area contributed by atoms with E-state index >= 15 is 0 Å². The number of hydrogen-bond acceptors (Lipinski definition) is 4. The Morgan fingerprint density at radius 3 is 1.81 bits per heavy atom. The highest BCUT2D eigenvalue weighted by Crippen LogP contribution is 2.20. The molecule has 2 aromatic carbocycles. The molecule has 0 fully saturated rings. The van der Waals surface area contributed by atoms with Crippen LogP contribution in [0.15, 0.2) is 39.9 Å². The third-order valence-corrected chi connectivity index (χ3v) is 3.75. The molecule has 0 aromatic heterocycles. The maximum atomic E-state index is 13.3. The molecule has 0 amide bonds. The van der Waals surface area contributed by atoms with E-state index < -0.39 is 34.1 Å². The van der Waals surface area contributed by atoms with E-state index in [9.17, 15) is 27.9 Å². The molecule has 146 valence electrons. The summed E-state index contributed by atoms with van der Waals surface area (Å²) in [5, 5.41) is 18.3. The normalized spacial score (nSPS) is 10.6. The van der Waals surface area contributed by atoms with Gasteiger partial charge in [0.15, 0.2) is 17.4 Å². The summed E-state index contributed by atoms with van der Waals surface area (Å²) in [6.07, 6.45) is 0. The van der Waals surface area contributed by atoms with Gasteiger partial charge in [-0.15, -0.1) is 0 Å². The van der Waals surface area contributed by atoms with Gasteiger partial charge in [0.2, 0.25) is 11.2 Å². The quantitative estimate of drug-likeness (QED) is 0.818. The second-order valence-electron chi connectivity index (χ2n) is 6.47. The Balaban J connectivity index is 0.000000271. The predicted octanol–water partition coefficient (Wildman–Crippen LogP) is 4.17. The molecule has 7 heteroatoms. The molecule has 0 spiro atoms. The predicted molar refractivity (Wildman–Crippen MR) is 96.8 cm³/mol. The van der Waals surface area contributed by atoms with Gasteiger partial charge in [-0.25, -0.2) is 13.2 Å². The van der Waals surface area contributed by atoms with Crippen molar-refractivity contribution < 1.29 is 23.4 Å². The monoisotopic (exact) mass is 382 g/mol. The third kappa shape index (κ3) is 5.57. The summed E-state index contributed by atoms with van der Waals surface area (Å²) >= 11 is 0. The fraction of sp³-hybridized carbons (Fsp3) is 0.300. The number of aromatic hydroxyl groups is 2. The summed E-state index contributed by atoms with van der Waals surface area (Å²) in [6.45, 7) is 7.00. The first-order valence-electron chi connectivity index (χ1n) is 8.21. The fourth-order valence-corrected chi connectivity index (χ4v) is 2.20. The summed E-state index contributed by atoms with van der Waals surface area (Å²) in [4.78, 5) is 22.1. The molecule has 0 saturated heterocycles. The molecule has 0 radical (unpaired) electrons. The smallest absolute Gasteiger partial charge is 0.258 e. The van der Waals surface area contributed by atoms with Gasteiger partial charge in [0, 0.05) is 11.6 Å². The average molecular weight is 382 g/mol. The maximum Gasteiger partial charge on any atom is 0.258 e. The van der Waals surface area contributed by atoms with Crippen molar-refractivity contribution in [1.29, 1.82) is 0 Å². The molecular formula is C20H21F3O4. The van der Waals surface area contributed by atoms with Crippen molar-refractivity contribution in [2.75, 3.05) is 0 Å². The van der Waals surface area contributed by atoms with Crippen molar-refractivity contribution in [1.82, 2.24) is 0 Å². The minimum atomic E-state index is -1.30. The zero-order valence-electron chi connectivity index (χ0n) is 15.4. The van der Waals surface area contributed by atoms with Crippen LogP contribution in [-0.4, -0.2) is 10.2 Å². The number of hydrogen-bond donors (Lipinski definition) is 2. The Bertz CT molecular complexity index is 941. The Morgan fingerprint density at radius 2 is 1.30 bits per heavy atom. The van der Waals surface area contributed by atoms with E-state index in [-0.39, 0.29) is 23.1 Å². The van der Waals surface area contributed by atoms with Crippen LogP contribution in [-0.2, 0) is 0 Å². The van der Waals surface area contributed by atoms with Gasteiger partial charge in [-0.05, 0) is 29.5 Å². The lowest BCUT2D eigenvalue weighted by Gasteiger charge is -2.02. The largest absolute Gasteiger partial charge is 0.504 e. The molecule has 2 rings (SSSR count). The topological polar surface area (TPSA) is 74.6 Å². The van der Waals surface area contributed by atoms with Crippen LogP contribution in [0, 0.1) is 17.5 Å². The van der Waals surface area contributed by atoms with Gasteiger partial charge in [-0.2, -0.15) is 0 Å². The Kier molecular flexibility index (Phi) is 7.57. The van der Waals surface area contributed by atoms with Gasteiger partial charge in [0.1, 0.15) is 5.82 Å². The Labute approximate surface area is 154 Å². The zero-order chi connectivity index (χ0) is 20.9. The molecule has 0 saturated carbocycles. The van der Waals surface area contributed by atoms with Gasteiger partial charge < -0.3 is 10.2 Å². The van der Waals surface area contributed by atoms with Crippen LogP contribution in [0.2, 0.25) is 0 Å². The van der Waals surface area contributed by atoms with E-state index in [1.807, 2.05) is 13.8 Å². The van der Waals surface area contributed by atoms with Gasteiger partial charge in [-0.3, -0.25) is 9.59 Å². The highest BCUT2D eigenvalue weighted by atomic mass is 19.1. The highest BCUT2D eigenvalue weighted by molar-refractivity contribution is 5.33. The molecule has 0 atom stereocenters. The van der Waals surface area contributed by atoms with Crippen LogP contribution >= 0.6 is 0 Å². The molecule has 0 bridgehead atoms. The van der Waals surface area contributed by atoms with E-state index in [0.29, 0.717) is 5.56 Å². The molecular weight excluding hydrogens is 361 g/mol. The van der Waals surface area contributed by atoms with Crippen molar-refractivity contribution in [3.63, 3.8) is 0 Å². The first-order valence-corrected chi connectivity index (χ1v) is 8.21. The van der Waals surface area contributed by atoms with Crippen molar-refractivity contribution in [2.45, 2.75) is 39.5 Å². The van der Waals surface area contributed by atoms with Crippen molar-refractivity contribution in [2.24, 2.45) is 0 Å². The van der Waals surface area contributed by atoms with Crippen LogP contribution in [0.3, 0.4) is 0 Å². The van der Waals surface area contributed by atoms with E-state index in [2.05, 4.69) is 0 Å². The Morgan fingerprint density at radius 1 is 0.778 bits per heavy atom. The summed E-state index contributed by atoms with van der Waals surface area (Å²) in [6, 6.07) is 5.43. The first kappa shape index (κ1) is 22.2. The van der Waals surface area contributed by atoms with Crippen molar-refractivity contribution in [3.8, 4) is 11.5 Å². The molecule has 27 heavy (non-hydrogen) atoms. The SMILES string of the molecule is CC(C)c1ccc(F)c(O)c(=O)c1F.CC(C)c1ccc(F)cc(=O)c1O. The molecule has 0 unspecified atom stereocenters. The van der Waals surface area contributed by atoms with Crippen molar-refractivity contribution in [3.05, 3.63) is 79.4 Å². The molecule has 2 aromatic rings. The van der Waals surface area contributed by atoms with Gasteiger partial charge in [0.25, 0.3) is 5.43 Å². The molecule has 2 N–H and O–H groups in total. The number of halogens is 3. The van der Waals surface area contributed by atoms with Crippen LogP contribution < -0.4 is 10.9 Å². The molecule has 0 aliphatic rings. The highest BCUT2D eigenvalue weighted by Gasteiger charge is 2.14. The second kappa shape index (κ2) is 9.21. The lowest BCUT2D eigenvalue weighted by molar-refractivity contribution is 0.424. The molecule has 0 heterocycles. The van der Waals surface area contributed by atoms with Gasteiger partial charge in [-0.1, -0.05) is 39.8 Å². The average Bonchev–Trinajstić information content (AvgIpc) is 2.77. The third-order valence-electron chi connectivity index (χ3n) is 3.75. The van der Waals surface area contributed by atoms with Crippen molar-refractivity contribution >= 4 is 0 Å². The van der Waals surface area contributed by atoms with E-state index in [4.69, 9.17) is 5.11 Å². The summed E-state index contributed by atoms with van der Waals surface area (Å²) in [7, 11) is 0. The van der Waals surface area contributed by atoms with Crippen LogP contribution in [0.25, 0.3) is 0 Å². The molecule has 4 nitrogen and oxygen atoms in total. The second-order valence-corrected chi connectivity index (χ2v) is 6.47.